The fraction of sp³-hybridized carbons (Fsp3) is 0.478. The molecule has 0 amide bonds. The predicted molar refractivity (Wildman–Crippen MR) is 126 cm³/mol. The molecule has 3 N–H and O–H groups in total. The van der Waals surface area contributed by atoms with Crippen molar-refractivity contribution in [3.8, 4) is 0 Å². The number of aliphatic hydroxyl groups is 1. The number of carbonyl (C=O) groups excluding carboxylic acids is 1. The third kappa shape index (κ3) is 4.12. The summed E-state index contributed by atoms with van der Waals surface area (Å²) in [6, 6.07) is 5.27. The van der Waals surface area contributed by atoms with Crippen LogP contribution in [0.1, 0.15) is 63.9 Å². The first-order valence-electron chi connectivity index (χ1n) is 10.5. The average molecular weight is 441 g/mol. The van der Waals surface area contributed by atoms with Gasteiger partial charge in [-0.3, -0.25) is 9.59 Å². The number of ketones is 1. The lowest BCUT2D eigenvalue weighted by Gasteiger charge is -2.42. The monoisotopic (exact) mass is 440 g/mol. The lowest BCUT2D eigenvalue weighted by molar-refractivity contribution is -0.0773. The van der Waals surface area contributed by atoms with E-state index in [1.807, 2.05) is 13.8 Å². The van der Waals surface area contributed by atoms with Gasteiger partial charge in [-0.05, 0) is 51.7 Å². The van der Waals surface area contributed by atoms with Crippen molar-refractivity contribution >= 4 is 28.8 Å². The van der Waals surface area contributed by atoms with E-state index in [4.69, 9.17) is 0 Å². The van der Waals surface area contributed by atoms with E-state index < -0.39 is 5.60 Å². The Bertz CT molecular complexity index is 1190. The minimum absolute atomic E-state index is 0. The SMILES string of the molecule is C.CNc1cc(Nc2cccn(C(C)C)c2=O)nc2c(C(=O)C[C@H]3CC[C@@]3(C)O)cnn12. The Kier molecular flexibility index (Phi) is 6.41. The summed E-state index contributed by atoms with van der Waals surface area (Å²) in [6.07, 6.45) is 5.05. The van der Waals surface area contributed by atoms with Crippen molar-refractivity contribution in [2.24, 2.45) is 5.92 Å². The van der Waals surface area contributed by atoms with Crippen LogP contribution >= 0.6 is 0 Å². The molecule has 4 rings (SSSR count). The highest BCUT2D eigenvalue weighted by atomic mass is 16.3. The van der Waals surface area contributed by atoms with E-state index in [-0.39, 0.29) is 37.1 Å². The number of nitrogens with zero attached hydrogens (tertiary/aromatic N) is 4. The second-order valence-corrected chi connectivity index (χ2v) is 8.64. The quantitative estimate of drug-likeness (QED) is 0.481. The first kappa shape index (κ1) is 23.5. The van der Waals surface area contributed by atoms with Gasteiger partial charge in [0.25, 0.3) is 5.56 Å². The van der Waals surface area contributed by atoms with Crippen molar-refractivity contribution < 1.29 is 9.90 Å². The van der Waals surface area contributed by atoms with Gasteiger partial charge < -0.3 is 20.3 Å². The zero-order chi connectivity index (χ0) is 22.3. The highest BCUT2D eigenvalue weighted by Gasteiger charge is 2.42. The van der Waals surface area contributed by atoms with E-state index in [1.54, 1.807) is 47.4 Å². The van der Waals surface area contributed by atoms with Gasteiger partial charge in [0, 0.05) is 31.8 Å². The van der Waals surface area contributed by atoms with Crippen LogP contribution in [-0.4, -0.2) is 42.7 Å². The molecular weight excluding hydrogens is 408 g/mol. The summed E-state index contributed by atoms with van der Waals surface area (Å²) in [7, 11) is 1.75. The van der Waals surface area contributed by atoms with Gasteiger partial charge in [0.15, 0.2) is 11.4 Å². The topological polar surface area (TPSA) is 114 Å². The van der Waals surface area contributed by atoms with Crippen LogP contribution in [0.25, 0.3) is 5.65 Å². The molecule has 0 aliphatic heterocycles. The fourth-order valence-electron chi connectivity index (χ4n) is 3.97. The summed E-state index contributed by atoms with van der Waals surface area (Å²) in [4.78, 5) is 30.3. The van der Waals surface area contributed by atoms with E-state index in [1.165, 1.54) is 6.20 Å². The van der Waals surface area contributed by atoms with E-state index in [0.717, 1.165) is 6.42 Å². The molecule has 1 fully saturated rings. The molecule has 0 bridgehead atoms. The Labute approximate surface area is 187 Å². The van der Waals surface area contributed by atoms with Crippen molar-refractivity contribution in [1.29, 1.82) is 0 Å². The summed E-state index contributed by atoms with van der Waals surface area (Å²) < 4.78 is 3.20. The Hall–Kier alpha value is -3.20. The molecule has 3 aromatic rings. The molecule has 172 valence electrons. The molecule has 0 aromatic carbocycles. The average Bonchev–Trinajstić information content (AvgIpc) is 3.16. The van der Waals surface area contributed by atoms with Gasteiger partial charge in [-0.15, -0.1) is 0 Å². The number of hydrogen-bond acceptors (Lipinski definition) is 7. The zero-order valence-corrected chi connectivity index (χ0v) is 18.2. The number of pyridine rings is 1. The highest BCUT2D eigenvalue weighted by Crippen LogP contribution is 2.41. The Morgan fingerprint density at radius 3 is 2.75 bits per heavy atom. The second-order valence-electron chi connectivity index (χ2n) is 8.64. The molecule has 1 aliphatic carbocycles. The molecule has 3 aromatic heterocycles. The maximum atomic E-state index is 13.0. The normalized spacial score (nSPS) is 20.0. The molecule has 0 saturated heterocycles. The Balaban J connectivity index is 0.00000289. The van der Waals surface area contributed by atoms with Crippen molar-refractivity contribution in [2.45, 2.75) is 59.1 Å². The Morgan fingerprint density at radius 2 is 2.16 bits per heavy atom. The van der Waals surface area contributed by atoms with Crippen molar-refractivity contribution in [3.63, 3.8) is 0 Å². The van der Waals surface area contributed by atoms with Gasteiger partial charge in [0.2, 0.25) is 0 Å². The van der Waals surface area contributed by atoms with Gasteiger partial charge >= 0.3 is 0 Å². The van der Waals surface area contributed by atoms with E-state index in [0.29, 0.717) is 35.0 Å². The summed E-state index contributed by atoms with van der Waals surface area (Å²) in [5, 5.41) is 20.7. The minimum atomic E-state index is -0.793. The van der Waals surface area contributed by atoms with Crippen LogP contribution in [-0.2, 0) is 0 Å². The van der Waals surface area contributed by atoms with Crippen LogP contribution in [0.2, 0.25) is 0 Å². The van der Waals surface area contributed by atoms with Crippen LogP contribution in [0, 0.1) is 5.92 Å². The molecule has 1 saturated carbocycles. The number of aromatic nitrogens is 4. The molecule has 1 aliphatic rings. The third-order valence-corrected chi connectivity index (χ3v) is 6.13. The third-order valence-electron chi connectivity index (χ3n) is 6.13. The lowest BCUT2D eigenvalue weighted by Crippen LogP contribution is -2.45. The molecule has 9 heteroatoms. The molecule has 32 heavy (non-hydrogen) atoms. The van der Waals surface area contributed by atoms with E-state index in [2.05, 4.69) is 20.7 Å². The fourth-order valence-corrected chi connectivity index (χ4v) is 3.97. The summed E-state index contributed by atoms with van der Waals surface area (Å²) in [6.45, 7) is 5.66. The smallest absolute Gasteiger partial charge is 0.274 e. The number of carbonyl (C=O) groups is 1. The number of Topliss-reactive ketones (excluding diaryl/α,β-unsaturated/α-hetero) is 1. The van der Waals surface area contributed by atoms with E-state index in [9.17, 15) is 14.7 Å². The molecule has 0 unspecified atom stereocenters. The minimum Gasteiger partial charge on any atom is -0.390 e. The number of hydrogen-bond donors (Lipinski definition) is 3. The molecule has 3 heterocycles. The number of nitrogens with one attached hydrogen (secondary N) is 2. The van der Waals surface area contributed by atoms with Crippen molar-refractivity contribution in [1.82, 2.24) is 19.2 Å². The molecular formula is C23H32N6O3. The zero-order valence-electron chi connectivity index (χ0n) is 18.2. The van der Waals surface area contributed by atoms with Crippen molar-refractivity contribution in [3.05, 3.63) is 46.5 Å². The molecule has 9 nitrogen and oxygen atoms in total. The summed E-state index contributed by atoms with van der Waals surface area (Å²) >= 11 is 0. The molecule has 0 spiro atoms. The Morgan fingerprint density at radius 1 is 1.41 bits per heavy atom. The first-order valence-corrected chi connectivity index (χ1v) is 10.5. The van der Waals surface area contributed by atoms with Crippen LogP contribution in [0.15, 0.2) is 35.4 Å². The molecule has 0 radical (unpaired) electrons. The number of rotatable bonds is 7. The maximum absolute atomic E-state index is 13.0. The number of anilines is 3. The van der Waals surface area contributed by atoms with E-state index >= 15 is 0 Å². The van der Waals surface area contributed by atoms with Crippen LogP contribution < -0.4 is 16.2 Å². The van der Waals surface area contributed by atoms with Crippen LogP contribution in [0.5, 0.6) is 0 Å². The number of fused-ring (bicyclic) bond motifs is 1. The second kappa shape index (κ2) is 8.74. The van der Waals surface area contributed by atoms with Crippen LogP contribution in [0.4, 0.5) is 17.3 Å². The van der Waals surface area contributed by atoms with Gasteiger partial charge in [0.05, 0.1) is 17.4 Å². The van der Waals surface area contributed by atoms with Gasteiger partial charge in [-0.25, -0.2) is 4.98 Å². The van der Waals surface area contributed by atoms with Crippen molar-refractivity contribution in [2.75, 3.05) is 17.7 Å². The van der Waals surface area contributed by atoms with Crippen LogP contribution in [0.3, 0.4) is 0 Å². The first-order chi connectivity index (χ1) is 14.7. The standard InChI is InChI=1S/C22H28N6O3.CH4/c1-13(2)27-9-5-6-16(21(27)30)25-18-11-19(23-4)28-20(26-18)15(12-24-28)17(29)10-14-7-8-22(14,3)31;/h5-6,9,11-14,23,31H,7-8,10H2,1-4H3,(H,25,26);1H4/t14-,22-;/m1./s1. The van der Waals surface area contributed by atoms with Gasteiger partial charge in [0.1, 0.15) is 17.3 Å². The highest BCUT2D eigenvalue weighted by molar-refractivity contribution is 6.01. The lowest BCUT2D eigenvalue weighted by atomic mass is 9.68. The maximum Gasteiger partial charge on any atom is 0.274 e. The van der Waals surface area contributed by atoms with Gasteiger partial charge in [-0.1, -0.05) is 7.43 Å². The predicted octanol–water partition coefficient (Wildman–Crippen LogP) is 3.63. The summed E-state index contributed by atoms with van der Waals surface area (Å²) in [5.74, 6) is 0.898. The molecule has 2 atom stereocenters. The van der Waals surface area contributed by atoms with Gasteiger partial charge in [-0.2, -0.15) is 9.61 Å². The largest absolute Gasteiger partial charge is 0.390 e. The summed E-state index contributed by atoms with van der Waals surface area (Å²) in [5.41, 5.74) is 0.252.